The molecule has 2 rings (SSSR count). The van der Waals surface area contributed by atoms with Crippen LogP contribution in [0, 0.1) is 0 Å². The molecule has 0 radical (unpaired) electrons. The predicted molar refractivity (Wildman–Crippen MR) is 98.6 cm³/mol. The molecular weight excluding hydrogens is 358 g/mol. The van der Waals surface area contributed by atoms with Crippen molar-refractivity contribution in [2.75, 3.05) is 11.1 Å². The molecule has 0 heterocycles. The molecule has 22 heavy (non-hydrogen) atoms. The van der Waals surface area contributed by atoms with Crippen LogP contribution in [0.15, 0.2) is 57.9 Å². The molecule has 0 unspecified atom stereocenters. The first kappa shape index (κ1) is 17.1. The van der Waals surface area contributed by atoms with E-state index in [4.69, 9.17) is 0 Å². The molecule has 2 nitrogen and oxygen atoms in total. The smallest absolute Gasteiger partial charge is 0.234 e. The van der Waals surface area contributed by atoms with Crippen LogP contribution >= 0.6 is 27.7 Å². The van der Waals surface area contributed by atoms with Gasteiger partial charge >= 0.3 is 0 Å². The molecule has 0 saturated heterocycles. The normalized spacial score (nSPS) is 12.0. The molecule has 1 amide bonds. The Morgan fingerprint density at radius 2 is 1.86 bits per heavy atom. The van der Waals surface area contributed by atoms with Crippen LogP contribution in [0.1, 0.15) is 31.7 Å². The van der Waals surface area contributed by atoms with Crippen molar-refractivity contribution in [1.29, 1.82) is 0 Å². The Bertz CT molecular complexity index is 627. The Kier molecular flexibility index (Phi) is 6.52. The molecule has 0 bridgehead atoms. The van der Waals surface area contributed by atoms with Crippen LogP contribution in [-0.4, -0.2) is 11.7 Å². The Balaban J connectivity index is 1.96. The highest BCUT2D eigenvalue weighted by atomic mass is 79.9. The summed E-state index contributed by atoms with van der Waals surface area (Å²) in [5.74, 6) is 0.885. The fourth-order valence-corrected chi connectivity index (χ4v) is 3.09. The van der Waals surface area contributed by atoms with Crippen molar-refractivity contribution < 1.29 is 4.79 Å². The van der Waals surface area contributed by atoms with E-state index in [9.17, 15) is 4.79 Å². The van der Waals surface area contributed by atoms with Gasteiger partial charge in [-0.05, 0) is 48.2 Å². The van der Waals surface area contributed by atoms with E-state index in [2.05, 4.69) is 41.2 Å². The topological polar surface area (TPSA) is 29.1 Å². The van der Waals surface area contributed by atoms with Gasteiger partial charge in [0.25, 0.3) is 0 Å². The zero-order chi connectivity index (χ0) is 15.9. The molecule has 0 aliphatic carbocycles. The van der Waals surface area contributed by atoms with Crippen LogP contribution in [0.2, 0.25) is 0 Å². The molecule has 116 valence electrons. The van der Waals surface area contributed by atoms with Crippen LogP contribution in [0.3, 0.4) is 0 Å². The van der Waals surface area contributed by atoms with Crippen LogP contribution in [0.25, 0.3) is 0 Å². The van der Waals surface area contributed by atoms with Gasteiger partial charge in [-0.15, -0.1) is 11.8 Å². The lowest BCUT2D eigenvalue weighted by atomic mass is 9.97. The van der Waals surface area contributed by atoms with Gasteiger partial charge in [-0.3, -0.25) is 4.79 Å². The fraction of sp³-hybridized carbons (Fsp3) is 0.278. The third-order valence-electron chi connectivity index (χ3n) is 3.56. The van der Waals surface area contributed by atoms with E-state index in [1.807, 2.05) is 42.5 Å². The number of thioether (sulfide) groups is 1. The Labute approximate surface area is 144 Å². The van der Waals surface area contributed by atoms with Crippen molar-refractivity contribution in [3.05, 3.63) is 58.6 Å². The van der Waals surface area contributed by atoms with Crippen molar-refractivity contribution >= 4 is 39.3 Å². The fourth-order valence-electron chi connectivity index (χ4n) is 2.13. The molecule has 0 spiro atoms. The number of hydrogen-bond acceptors (Lipinski definition) is 2. The number of hydrogen-bond donors (Lipinski definition) is 1. The summed E-state index contributed by atoms with van der Waals surface area (Å²) in [5, 5.41) is 3.04. The first-order valence-electron chi connectivity index (χ1n) is 7.37. The van der Waals surface area contributed by atoms with Gasteiger partial charge in [0, 0.05) is 15.1 Å². The van der Waals surface area contributed by atoms with E-state index in [0.29, 0.717) is 11.7 Å². The summed E-state index contributed by atoms with van der Waals surface area (Å²) in [5.41, 5.74) is 2.13. The van der Waals surface area contributed by atoms with E-state index in [-0.39, 0.29) is 5.91 Å². The Morgan fingerprint density at radius 3 is 2.55 bits per heavy atom. The third-order valence-corrected chi connectivity index (χ3v) is 5.10. The minimum Gasteiger partial charge on any atom is -0.325 e. The van der Waals surface area contributed by atoms with Crippen molar-refractivity contribution in [3.8, 4) is 0 Å². The van der Waals surface area contributed by atoms with Crippen molar-refractivity contribution in [1.82, 2.24) is 0 Å². The van der Waals surface area contributed by atoms with Gasteiger partial charge in [0.2, 0.25) is 5.91 Å². The number of carbonyl (C=O) groups excluding carboxylic acids is 1. The number of benzene rings is 2. The number of para-hydroxylation sites is 1. The minimum atomic E-state index is 0.0312. The van der Waals surface area contributed by atoms with Crippen LogP contribution in [0.4, 0.5) is 5.69 Å². The highest BCUT2D eigenvalue weighted by molar-refractivity contribution is 9.10. The van der Waals surface area contributed by atoms with Crippen LogP contribution in [0.5, 0.6) is 0 Å². The number of anilines is 1. The van der Waals surface area contributed by atoms with E-state index < -0.39 is 0 Å². The average molecular weight is 378 g/mol. The monoisotopic (exact) mass is 377 g/mol. The Morgan fingerprint density at radius 1 is 1.18 bits per heavy atom. The van der Waals surface area contributed by atoms with Crippen molar-refractivity contribution in [2.45, 2.75) is 31.1 Å². The molecule has 0 aromatic heterocycles. The lowest BCUT2D eigenvalue weighted by Crippen LogP contribution is -2.15. The SMILES string of the molecule is CC[C@@H](C)c1ccccc1NC(=O)CSc1ccc(Br)cc1. The summed E-state index contributed by atoms with van der Waals surface area (Å²) < 4.78 is 1.05. The van der Waals surface area contributed by atoms with E-state index in [1.54, 1.807) is 11.8 Å². The number of rotatable bonds is 6. The maximum absolute atomic E-state index is 12.2. The molecule has 1 N–H and O–H groups in total. The van der Waals surface area contributed by atoms with Gasteiger partial charge < -0.3 is 5.32 Å². The maximum atomic E-state index is 12.2. The molecule has 0 saturated carbocycles. The standard InChI is InChI=1S/C18H20BrNOS/c1-3-13(2)16-6-4-5-7-17(16)20-18(21)12-22-15-10-8-14(19)9-11-15/h4-11,13H,3,12H2,1-2H3,(H,20,21)/t13-/m1/s1. The molecule has 1 atom stereocenters. The van der Waals surface area contributed by atoms with Crippen molar-refractivity contribution in [3.63, 3.8) is 0 Å². The zero-order valence-electron chi connectivity index (χ0n) is 12.8. The second-order valence-corrected chi connectivity index (χ2v) is 7.15. The number of amides is 1. The number of nitrogens with one attached hydrogen (secondary N) is 1. The largest absolute Gasteiger partial charge is 0.325 e. The van der Waals surface area contributed by atoms with Crippen LogP contribution in [-0.2, 0) is 4.79 Å². The molecule has 0 fully saturated rings. The first-order chi connectivity index (χ1) is 10.6. The lowest BCUT2D eigenvalue weighted by molar-refractivity contribution is -0.113. The molecule has 0 aliphatic heterocycles. The second kappa shape index (κ2) is 8.39. The van der Waals surface area contributed by atoms with Gasteiger partial charge in [-0.25, -0.2) is 0 Å². The van der Waals surface area contributed by atoms with Gasteiger partial charge in [0.05, 0.1) is 5.75 Å². The van der Waals surface area contributed by atoms with E-state index >= 15 is 0 Å². The first-order valence-corrected chi connectivity index (χ1v) is 9.15. The second-order valence-electron chi connectivity index (χ2n) is 5.19. The summed E-state index contributed by atoms with van der Waals surface area (Å²) >= 11 is 4.95. The third kappa shape index (κ3) is 4.89. The van der Waals surface area contributed by atoms with Gasteiger partial charge in [-0.2, -0.15) is 0 Å². The van der Waals surface area contributed by atoms with E-state index in [1.165, 1.54) is 5.56 Å². The zero-order valence-corrected chi connectivity index (χ0v) is 15.2. The maximum Gasteiger partial charge on any atom is 0.234 e. The summed E-state index contributed by atoms with van der Waals surface area (Å²) in [6.45, 7) is 4.34. The Hall–Kier alpha value is -1.26. The molecule has 2 aromatic carbocycles. The summed E-state index contributed by atoms with van der Waals surface area (Å²) in [6, 6.07) is 16.0. The van der Waals surface area contributed by atoms with Crippen LogP contribution < -0.4 is 5.32 Å². The highest BCUT2D eigenvalue weighted by Crippen LogP contribution is 2.27. The molecular formula is C18H20BrNOS. The number of carbonyl (C=O) groups is 1. The van der Waals surface area contributed by atoms with Crippen molar-refractivity contribution in [2.24, 2.45) is 0 Å². The minimum absolute atomic E-state index is 0.0312. The lowest BCUT2D eigenvalue weighted by Gasteiger charge is -2.15. The van der Waals surface area contributed by atoms with Gasteiger partial charge in [-0.1, -0.05) is 48.0 Å². The van der Waals surface area contributed by atoms with E-state index in [0.717, 1.165) is 21.5 Å². The quantitative estimate of drug-likeness (QED) is 0.654. The number of halogens is 1. The average Bonchev–Trinajstić information content (AvgIpc) is 2.54. The molecule has 2 aromatic rings. The summed E-state index contributed by atoms with van der Waals surface area (Å²) in [4.78, 5) is 13.3. The predicted octanol–water partition coefficient (Wildman–Crippen LogP) is 5.69. The molecule has 4 heteroatoms. The van der Waals surface area contributed by atoms with Gasteiger partial charge in [0.1, 0.15) is 0 Å². The highest BCUT2D eigenvalue weighted by Gasteiger charge is 2.11. The summed E-state index contributed by atoms with van der Waals surface area (Å²) in [6.07, 6.45) is 1.06. The summed E-state index contributed by atoms with van der Waals surface area (Å²) in [7, 11) is 0. The molecule has 0 aliphatic rings. The van der Waals surface area contributed by atoms with Gasteiger partial charge in [0.15, 0.2) is 0 Å².